The number of phenolic OH excluding ortho intramolecular Hbond substituents is 2. The van der Waals surface area contributed by atoms with Crippen LogP contribution in [0.25, 0.3) is 0 Å². The first kappa shape index (κ1) is 13.3. The second kappa shape index (κ2) is 4.13. The average molecular weight is 305 g/mol. The summed E-state index contributed by atoms with van der Waals surface area (Å²) in [7, 11) is 0. The molecule has 6 N–H and O–H groups in total. The summed E-state index contributed by atoms with van der Waals surface area (Å²) in [4.78, 5) is 25.0. The zero-order chi connectivity index (χ0) is 15.5. The van der Waals surface area contributed by atoms with Gasteiger partial charge in [0, 0.05) is 11.8 Å². The number of fused-ring (bicyclic) bond motifs is 2. The Labute approximate surface area is 123 Å². The Morgan fingerprint density at radius 1 is 0.857 bits per heavy atom. The highest BCUT2D eigenvalue weighted by Gasteiger charge is 2.37. The monoisotopic (exact) mass is 304 g/mol. The van der Waals surface area contributed by atoms with Gasteiger partial charge in [-0.2, -0.15) is 0 Å². The lowest BCUT2D eigenvalue weighted by atomic mass is 9.81. The Hall–Kier alpha value is -2.73. The van der Waals surface area contributed by atoms with Gasteiger partial charge in [0.1, 0.15) is 11.5 Å². The van der Waals surface area contributed by atoms with E-state index < -0.39 is 17.3 Å². The predicted octanol–water partition coefficient (Wildman–Crippen LogP) is 1.69. The lowest BCUT2D eigenvalue weighted by Crippen LogP contribution is -2.24. The maximum absolute atomic E-state index is 12.5. The highest BCUT2D eigenvalue weighted by atomic mass is 35.5. The normalized spacial score (nSPS) is 13.0. The number of hydrogen-bond donors (Lipinski definition) is 4. The van der Waals surface area contributed by atoms with E-state index in [1.54, 1.807) is 0 Å². The van der Waals surface area contributed by atoms with Crippen LogP contribution in [-0.2, 0) is 0 Å². The molecule has 3 rings (SSSR count). The number of aromatic hydroxyl groups is 2. The number of ketones is 2. The van der Waals surface area contributed by atoms with Gasteiger partial charge in [0.15, 0.2) is 0 Å². The van der Waals surface area contributed by atoms with Crippen molar-refractivity contribution in [2.75, 3.05) is 11.5 Å². The van der Waals surface area contributed by atoms with E-state index in [4.69, 9.17) is 23.1 Å². The van der Waals surface area contributed by atoms with Crippen LogP contribution in [0.1, 0.15) is 31.8 Å². The van der Waals surface area contributed by atoms with Gasteiger partial charge in [0.2, 0.25) is 11.6 Å². The topological polar surface area (TPSA) is 127 Å². The van der Waals surface area contributed by atoms with Crippen LogP contribution >= 0.6 is 11.6 Å². The van der Waals surface area contributed by atoms with Gasteiger partial charge in [-0.05, 0) is 12.1 Å². The molecule has 0 heterocycles. The quantitative estimate of drug-likeness (QED) is 0.370. The van der Waals surface area contributed by atoms with Crippen LogP contribution in [0.3, 0.4) is 0 Å². The number of nitrogen functional groups attached to an aromatic ring is 2. The molecule has 1 aliphatic carbocycles. The lowest BCUT2D eigenvalue weighted by Gasteiger charge is -2.22. The van der Waals surface area contributed by atoms with Gasteiger partial charge in [-0.15, -0.1) is 0 Å². The van der Waals surface area contributed by atoms with Crippen LogP contribution in [0.4, 0.5) is 11.4 Å². The molecule has 0 bridgehead atoms. The van der Waals surface area contributed by atoms with E-state index in [2.05, 4.69) is 0 Å². The van der Waals surface area contributed by atoms with Gasteiger partial charge < -0.3 is 21.7 Å². The van der Waals surface area contributed by atoms with Crippen molar-refractivity contribution in [2.24, 2.45) is 0 Å². The fourth-order valence-electron chi connectivity index (χ4n) is 2.45. The third-order valence-corrected chi connectivity index (χ3v) is 3.73. The molecule has 6 nitrogen and oxygen atoms in total. The van der Waals surface area contributed by atoms with Crippen molar-refractivity contribution in [3.63, 3.8) is 0 Å². The molecule has 0 saturated heterocycles. The summed E-state index contributed by atoms with van der Waals surface area (Å²) >= 11 is 5.83. The molecule has 21 heavy (non-hydrogen) atoms. The molecule has 0 spiro atoms. The SMILES string of the molecule is Nc1ccc(O)c2c1C(=O)c1c(O)cc(Cl)c(N)c1C2=O. The molecule has 0 unspecified atom stereocenters. The largest absolute Gasteiger partial charge is 0.507 e. The van der Waals surface area contributed by atoms with Crippen molar-refractivity contribution in [1.29, 1.82) is 0 Å². The van der Waals surface area contributed by atoms with Crippen LogP contribution in [0, 0.1) is 0 Å². The predicted molar refractivity (Wildman–Crippen MR) is 76.9 cm³/mol. The van der Waals surface area contributed by atoms with Crippen LogP contribution in [0.5, 0.6) is 11.5 Å². The highest BCUT2D eigenvalue weighted by molar-refractivity contribution is 6.38. The molecule has 0 atom stereocenters. The summed E-state index contributed by atoms with van der Waals surface area (Å²) < 4.78 is 0. The summed E-state index contributed by atoms with van der Waals surface area (Å²) in [6.07, 6.45) is 0. The molecule has 106 valence electrons. The number of nitrogens with two attached hydrogens (primary N) is 2. The minimum atomic E-state index is -0.709. The van der Waals surface area contributed by atoms with Crippen molar-refractivity contribution in [1.82, 2.24) is 0 Å². The molecule has 2 aromatic rings. The molecule has 1 aliphatic rings. The van der Waals surface area contributed by atoms with E-state index in [-0.39, 0.29) is 44.4 Å². The van der Waals surface area contributed by atoms with Crippen LogP contribution in [-0.4, -0.2) is 21.8 Å². The van der Waals surface area contributed by atoms with Crippen molar-refractivity contribution in [3.05, 3.63) is 45.5 Å². The number of hydrogen-bond acceptors (Lipinski definition) is 6. The summed E-state index contributed by atoms with van der Waals surface area (Å²) in [5.41, 5.74) is 10.5. The molecular formula is C14H9ClN2O4. The van der Waals surface area contributed by atoms with E-state index in [0.29, 0.717) is 0 Å². The van der Waals surface area contributed by atoms with Crippen molar-refractivity contribution in [2.45, 2.75) is 0 Å². The number of anilines is 2. The number of rotatable bonds is 0. The number of carbonyl (C=O) groups is 2. The Bertz CT molecular complexity index is 846. The van der Waals surface area contributed by atoms with Crippen molar-refractivity contribution in [3.8, 4) is 11.5 Å². The van der Waals surface area contributed by atoms with E-state index in [9.17, 15) is 19.8 Å². The first-order valence-corrected chi connectivity index (χ1v) is 6.24. The zero-order valence-electron chi connectivity index (χ0n) is 10.5. The Morgan fingerprint density at radius 2 is 1.43 bits per heavy atom. The Kier molecular flexibility index (Phi) is 2.61. The summed E-state index contributed by atoms with van der Waals surface area (Å²) in [5, 5.41) is 19.7. The molecule has 0 fully saturated rings. The van der Waals surface area contributed by atoms with E-state index >= 15 is 0 Å². The molecule has 0 saturated carbocycles. The number of carbonyl (C=O) groups excluding carboxylic acids is 2. The lowest BCUT2D eigenvalue weighted by molar-refractivity contribution is 0.0975. The average Bonchev–Trinajstić information content (AvgIpc) is 2.42. The maximum Gasteiger partial charge on any atom is 0.200 e. The molecule has 2 aromatic carbocycles. The number of halogens is 1. The zero-order valence-corrected chi connectivity index (χ0v) is 11.2. The smallest absolute Gasteiger partial charge is 0.200 e. The van der Waals surface area contributed by atoms with Gasteiger partial charge in [-0.25, -0.2) is 0 Å². The van der Waals surface area contributed by atoms with Crippen molar-refractivity contribution >= 4 is 34.5 Å². The van der Waals surface area contributed by atoms with E-state index in [1.807, 2.05) is 0 Å². The summed E-state index contributed by atoms with van der Waals surface area (Å²) in [6, 6.07) is 3.61. The van der Waals surface area contributed by atoms with Gasteiger partial charge in [-0.3, -0.25) is 9.59 Å². The number of benzene rings is 2. The first-order valence-electron chi connectivity index (χ1n) is 5.86. The van der Waals surface area contributed by atoms with Gasteiger partial charge in [0.25, 0.3) is 0 Å². The van der Waals surface area contributed by atoms with E-state index in [1.165, 1.54) is 12.1 Å². The van der Waals surface area contributed by atoms with Crippen LogP contribution in [0.2, 0.25) is 5.02 Å². The Balaban J connectivity index is 2.47. The fraction of sp³-hybridized carbons (Fsp3) is 0. The molecule has 0 aliphatic heterocycles. The van der Waals surface area contributed by atoms with Crippen molar-refractivity contribution < 1.29 is 19.8 Å². The van der Waals surface area contributed by atoms with Crippen LogP contribution in [0.15, 0.2) is 18.2 Å². The van der Waals surface area contributed by atoms with E-state index in [0.717, 1.165) is 6.07 Å². The third-order valence-electron chi connectivity index (χ3n) is 3.42. The Morgan fingerprint density at radius 3 is 2.10 bits per heavy atom. The van der Waals surface area contributed by atoms with Gasteiger partial charge >= 0.3 is 0 Å². The van der Waals surface area contributed by atoms with Gasteiger partial charge in [-0.1, -0.05) is 11.6 Å². The molecule has 0 radical (unpaired) electrons. The van der Waals surface area contributed by atoms with Gasteiger partial charge in [0.05, 0.1) is 33.0 Å². The third kappa shape index (κ3) is 1.59. The summed E-state index contributed by atoms with van der Waals surface area (Å²) in [6.45, 7) is 0. The maximum atomic E-state index is 12.5. The molecule has 0 amide bonds. The number of phenols is 2. The fourth-order valence-corrected chi connectivity index (χ4v) is 2.65. The minimum Gasteiger partial charge on any atom is -0.507 e. The first-order chi connectivity index (χ1) is 9.84. The minimum absolute atomic E-state index is 0.0275. The second-order valence-corrected chi connectivity index (χ2v) is 5.03. The molecular weight excluding hydrogens is 296 g/mol. The molecule has 0 aromatic heterocycles. The van der Waals surface area contributed by atoms with Crippen LogP contribution < -0.4 is 11.5 Å². The second-order valence-electron chi connectivity index (χ2n) is 4.62. The standard InChI is InChI=1S/C14H9ClN2O4/c15-4-3-7(19)10-11(12(4)17)14(21)9-6(18)2-1-5(16)8(9)13(10)20/h1-3,18-19H,16-17H2. The highest BCUT2D eigenvalue weighted by Crippen LogP contribution is 2.43. The molecule has 7 heteroatoms. The summed E-state index contributed by atoms with van der Waals surface area (Å²) in [5.74, 6) is -2.24.